The summed E-state index contributed by atoms with van der Waals surface area (Å²) in [5.74, 6) is -0.0700. The highest BCUT2D eigenvalue weighted by Crippen LogP contribution is 2.30. The third kappa shape index (κ3) is 2.31. The molecule has 1 aliphatic rings. The van der Waals surface area contributed by atoms with Crippen molar-refractivity contribution in [1.29, 1.82) is 0 Å². The molecule has 2 rings (SSSR count). The van der Waals surface area contributed by atoms with E-state index in [1.54, 1.807) is 11.9 Å². The third-order valence-electron chi connectivity index (χ3n) is 2.48. The number of nitrogens with zero attached hydrogens (tertiary/aromatic N) is 1. The van der Waals surface area contributed by atoms with Crippen molar-refractivity contribution in [2.45, 2.75) is 6.04 Å². The molecule has 1 aromatic rings. The average molecular weight is 307 g/mol. The number of amides is 1. The lowest BCUT2D eigenvalue weighted by molar-refractivity contribution is -0.119. The number of rotatable bonds is 0. The quantitative estimate of drug-likeness (QED) is 0.765. The molecule has 0 saturated heterocycles. The maximum Gasteiger partial charge on any atom is 0.245 e. The standard InChI is InChI=1S/C10H12BrN3O.ClH/c1-14-9-4-6(11)2-3-8(9)13-5-7(12)10(14)15;/h2-4,7,13H,5,12H2,1H3;1H/t7-;/m0./s1. The zero-order valence-corrected chi connectivity index (χ0v) is 11.1. The molecule has 0 unspecified atom stereocenters. The molecule has 6 heteroatoms. The maximum atomic E-state index is 11.8. The zero-order valence-electron chi connectivity index (χ0n) is 8.74. The highest BCUT2D eigenvalue weighted by atomic mass is 79.9. The van der Waals surface area contributed by atoms with E-state index in [2.05, 4.69) is 21.2 Å². The number of hydrogen-bond acceptors (Lipinski definition) is 3. The van der Waals surface area contributed by atoms with Crippen LogP contribution >= 0.6 is 28.3 Å². The Morgan fingerprint density at radius 1 is 1.56 bits per heavy atom. The molecule has 0 bridgehead atoms. The van der Waals surface area contributed by atoms with Crippen LogP contribution in [-0.4, -0.2) is 25.5 Å². The molecule has 16 heavy (non-hydrogen) atoms. The highest BCUT2D eigenvalue weighted by Gasteiger charge is 2.24. The van der Waals surface area contributed by atoms with Crippen molar-refractivity contribution in [2.24, 2.45) is 5.73 Å². The zero-order chi connectivity index (χ0) is 11.0. The Bertz CT molecular complexity index is 413. The number of nitrogens with one attached hydrogen (secondary N) is 1. The smallest absolute Gasteiger partial charge is 0.245 e. The number of halogens is 2. The second-order valence-corrected chi connectivity index (χ2v) is 4.46. The molecule has 1 amide bonds. The van der Waals surface area contributed by atoms with Crippen LogP contribution < -0.4 is 16.0 Å². The van der Waals surface area contributed by atoms with Gasteiger partial charge in [-0.3, -0.25) is 4.79 Å². The van der Waals surface area contributed by atoms with Crippen molar-refractivity contribution in [3.05, 3.63) is 22.7 Å². The van der Waals surface area contributed by atoms with Gasteiger partial charge in [0.25, 0.3) is 0 Å². The van der Waals surface area contributed by atoms with Crippen LogP contribution in [0.5, 0.6) is 0 Å². The molecule has 88 valence electrons. The molecule has 0 spiro atoms. The Balaban J connectivity index is 0.00000128. The van der Waals surface area contributed by atoms with E-state index in [-0.39, 0.29) is 18.3 Å². The first-order chi connectivity index (χ1) is 7.09. The van der Waals surface area contributed by atoms with E-state index in [1.807, 2.05) is 18.2 Å². The van der Waals surface area contributed by atoms with E-state index in [1.165, 1.54) is 0 Å². The summed E-state index contributed by atoms with van der Waals surface area (Å²) in [6.07, 6.45) is 0. The van der Waals surface area contributed by atoms with Gasteiger partial charge in [0.1, 0.15) is 6.04 Å². The van der Waals surface area contributed by atoms with Crippen LogP contribution in [0.15, 0.2) is 22.7 Å². The first kappa shape index (κ1) is 13.3. The van der Waals surface area contributed by atoms with Crippen LogP contribution in [0.2, 0.25) is 0 Å². The fourth-order valence-electron chi connectivity index (χ4n) is 1.61. The van der Waals surface area contributed by atoms with Crippen LogP contribution in [0.1, 0.15) is 0 Å². The Hall–Kier alpha value is -0.780. The van der Waals surface area contributed by atoms with Gasteiger partial charge >= 0.3 is 0 Å². The Kier molecular flexibility index (Phi) is 4.18. The molecule has 1 aromatic carbocycles. The summed E-state index contributed by atoms with van der Waals surface area (Å²) in [7, 11) is 1.74. The molecule has 0 radical (unpaired) electrons. The van der Waals surface area contributed by atoms with Gasteiger partial charge in [0.05, 0.1) is 11.4 Å². The summed E-state index contributed by atoms with van der Waals surface area (Å²) < 4.78 is 0.943. The minimum Gasteiger partial charge on any atom is -0.381 e. The molecule has 3 N–H and O–H groups in total. The van der Waals surface area contributed by atoms with Crippen molar-refractivity contribution in [2.75, 3.05) is 23.8 Å². The van der Waals surface area contributed by atoms with Gasteiger partial charge in [-0.25, -0.2) is 0 Å². The molecular weight excluding hydrogens is 293 g/mol. The van der Waals surface area contributed by atoms with Gasteiger partial charge in [-0.15, -0.1) is 12.4 Å². The fraction of sp³-hybridized carbons (Fsp3) is 0.300. The summed E-state index contributed by atoms with van der Waals surface area (Å²) >= 11 is 3.38. The normalized spacial score (nSPS) is 19.3. The summed E-state index contributed by atoms with van der Waals surface area (Å²) in [5.41, 5.74) is 7.50. The van der Waals surface area contributed by atoms with E-state index in [0.29, 0.717) is 6.54 Å². The van der Waals surface area contributed by atoms with Crippen molar-refractivity contribution < 1.29 is 4.79 Å². The third-order valence-corrected chi connectivity index (χ3v) is 2.97. The minimum absolute atomic E-state index is 0. The lowest BCUT2D eigenvalue weighted by atomic mass is 10.2. The predicted octanol–water partition coefficient (Wildman–Crippen LogP) is 1.59. The summed E-state index contributed by atoms with van der Waals surface area (Å²) in [4.78, 5) is 13.4. The first-order valence-electron chi connectivity index (χ1n) is 4.66. The highest BCUT2D eigenvalue weighted by molar-refractivity contribution is 9.10. The number of carbonyl (C=O) groups is 1. The topological polar surface area (TPSA) is 58.4 Å². The number of fused-ring (bicyclic) bond motifs is 1. The lowest BCUT2D eigenvalue weighted by Gasteiger charge is -2.18. The molecular formula is C10H13BrClN3O. The van der Waals surface area contributed by atoms with E-state index in [0.717, 1.165) is 15.8 Å². The van der Waals surface area contributed by atoms with Gasteiger partial charge in [-0.2, -0.15) is 0 Å². The van der Waals surface area contributed by atoms with Crippen LogP contribution in [0.3, 0.4) is 0 Å². The molecule has 0 aromatic heterocycles. The van der Waals surface area contributed by atoms with E-state index < -0.39 is 6.04 Å². The monoisotopic (exact) mass is 305 g/mol. The number of anilines is 2. The number of hydrogen-bond donors (Lipinski definition) is 2. The number of likely N-dealkylation sites (N-methyl/N-ethyl adjacent to an activating group) is 1. The molecule has 4 nitrogen and oxygen atoms in total. The van der Waals surface area contributed by atoms with Crippen molar-refractivity contribution in [3.63, 3.8) is 0 Å². The predicted molar refractivity (Wildman–Crippen MR) is 71.3 cm³/mol. The summed E-state index contributed by atoms with van der Waals surface area (Å²) in [6.45, 7) is 0.470. The molecule has 0 saturated carbocycles. The molecule has 0 aliphatic carbocycles. The van der Waals surface area contributed by atoms with Crippen molar-refractivity contribution in [1.82, 2.24) is 0 Å². The van der Waals surface area contributed by atoms with E-state index in [9.17, 15) is 4.79 Å². The van der Waals surface area contributed by atoms with E-state index >= 15 is 0 Å². The maximum absolute atomic E-state index is 11.8. The van der Waals surface area contributed by atoms with Crippen LogP contribution in [-0.2, 0) is 4.79 Å². The van der Waals surface area contributed by atoms with Gasteiger partial charge in [-0.05, 0) is 18.2 Å². The first-order valence-corrected chi connectivity index (χ1v) is 5.45. The summed E-state index contributed by atoms with van der Waals surface area (Å²) in [6, 6.07) is 5.28. The van der Waals surface area contributed by atoms with Crippen molar-refractivity contribution >= 4 is 45.6 Å². The number of carbonyl (C=O) groups excluding carboxylic acids is 1. The summed E-state index contributed by atoms with van der Waals surface area (Å²) in [5, 5.41) is 3.15. The van der Waals surface area contributed by atoms with Gasteiger partial charge in [0.15, 0.2) is 0 Å². The van der Waals surface area contributed by atoms with Crippen LogP contribution in [0, 0.1) is 0 Å². The molecule has 1 atom stereocenters. The van der Waals surface area contributed by atoms with Gasteiger partial charge in [0.2, 0.25) is 5.91 Å². The number of benzene rings is 1. The van der Waals surface area contributed by atoms with Crippen LogP contribution in [0.25, 0.3) is 0 Å². The second kappa shape index (κ2) is 5.03. The molecule has 0 fully saturated rings. The second-order valence-electron chi connectivity index (χ2n) is 3.55. The van der Waals surface area contributed by atoms with Gasteiger partial charge < -0.3 is 16.0 Å². The van der Waals surface area contributed by atoms with E-state index in [4.69, 9.17) is 5.73 Å². The Morgan fingerprint density at radius 2 is 2.25 bits per heavy atom. The Labute approximate surface area is 109 Å². The molecule has 1 aliphatic heterocycles. The van der Waals surface area contributed by atoms with Gasteiger partial charge in [0, 0.05) is 18.1 Å². The van der Waals surface area contributed by atoms with Crippen LogP contribution in [0.4, 0.5) is 11.4 Å². The Morgan fingerprint density at radius 3 is 2.94 bits per heavy atom. The number of nitrogens with two attached hydrogens (primary N) is 1. The minimum atomic E-state index is -0.485. The largest absolute Gasteiger partial charge is 0.381 e. The van der Waals surface area contributed by atoms with Crippen molar-refractivity contribution in [3.8, 4) is 0 Å². The molecule has 1 heterocycles. The average Bonchev–Trinajstić information content (AvgIpc) is 2.32. The van der Waals surface area contributed by atoms with Gasteiger partial charge in [-0.1, -0.05) is 15.9 Å². The fourth-order valence-corrected chi connectivity index (χ4v) is 1.96. The SMILES string of the molecule is CN1C(=O)[C@@H](N)CNc2ccc(Br)cc21.Cl. The lowest BCUT2D eigenvalue weighted by Crippen LogP contribution is -2.43.